The number of aliphatic hydroxyl groups is 1. The van der Waals surface area contributed by atoms with Gasteiger partial charge in [-0.05, 0) is 36.4 Å². The third-order valence-corrected chi connectivity index (χ3v) is 4.32. The van der Waals surface area contributed by atoms with E-state index in [4.69, 9.17) is 0 Å². The van der Waals surface area contributed by atoms with Crippen LogP contribution in [0.15, 0.2) is 24.3 Å². The first-order valence-electron chi connectivity index (χ1n) is 8.16. The van der Waals surface area contributed by atoms with Crippen molar-refractivity contribution in [1.29, 1.82) is 0 Å². The van der Waals surface area contributed by atoms with Crippen LogP contribution in [0, 0.1) is 0 Å². The summed E-state index contributed by atoms with van der Waals surface area (Å²) in [6, 6.07) is 8.09. The second-order valence-electron chi connectivity index (χ2n) is 7.15. The number of nitrogens with zero attached hydrogens (tertiary/aromatic N) is 1. The number of likely N-dealkylation sites (tertiary alicyclic amines) is 1. The molecule has 4 nitrogen and oxygen atoms in total. The molecule has 1 aliphatic heterocycles. The maximum absolute atomic E-state index is 12.4. The number of anilines is 1. The highest BCUT2D eigenvalue weighted by Crippen LogP contribution is 2.29. The highest BCUT2D eigenvalue weighted by Gasteiger charge is 2.24. The molecule has 0 radical (unpaired) electrons. The molecule has 1 heterocycles. The van der Waals surface area contributed by atoms with Gasteiger partial charge in [0.1, 0.15) is 0 Å². The molecule has 2 rings (SSSR count). The number of carbonyl (C=O) groups excluding carboxylic acids is 1. The molecule has 0 spiro atoms. The molecular weight excluding hydrogens is 276 g/mol. The summed E-state index contributed by atoms with van der Waals surface area (Å²) in [5.41, 5.74) is 2.01. The first kappa shape index (κ1) is 17.0. The highest BCUT2D eigenvalue weighted by molar-refractivity contribution is 5.93. The van der Waals surface area contributed by atoms with Crippen LogP contribution in [0.5, 0.6) is 0 Å². The molecule has 2 N–H and O–H groups in total. The molecule has 1 atom stereocenters. The monoisotopic (exact) mass is 304 g/mol. The van der Waals surface area contributed by atoms with E-state index >= 15 is 0 Å². The average molecular weight is 304 g/mol. The van der Waals surface area contributed by atoms with Crippen LogP contribution in [0.3, 0.4) is 0 Å². The van der Waals surface area contributed by atoms with Gasteiger partial charge in [0, 0.05) is 11.7 Å². The van der Waals surface area contributed by atoms with E-state index < -0.39 is 0 Å². The number of nitrogens with one attached hydrogen (secondary N) is 1. The second-order valence-corrected chi connectivity index (χ2v) is 7.15. The van der Waals surface area contributed by atoms with Crippen molar-refractivity contribution in [2.24, 2.45) is 0 Å². The van der Waals surface area contributed by atoms with Gasteiger partial charge in [0.2, 0.25) is 5.91 Å². The van der Waals surface area contributed by atoms with Gasteiger partial charge in [-0.25, -0.2) is 0 Å². The maximum Gasteiger partial charge on any atom is 0.238 e. The van der Waals surface area contributed by atoms with Gasteiger partial charge in [0.15, 0.2) is 0 Å². The number of aliphatic hydroxyl groups excluding tert-OH is 1. The van der Waals surface area contributed by atoms with Gasteiger partial charge in [0.05, 0.1) is 13.2 Å². The van der Waals surface area contributed by atoms with Gasteiger partial charge in [-0.2, -0.15) is 0 Å². The Labute approximate surface area is 133 Å². The smallest absolute Gasteiger partial charge is 0.238 e. The summed E-state index contributed by atoms with van der Waals surface area (Å²) in [4.78, 5) is 14.5. The van der Waals surface area contributed by atoms with Crippen molar-refractivity contribution >= 4 is 11.6 Å². The van der Waals surface area contributed by atoms with Crippen molar-refractivity contribution in [3.05, 3.63) is 29.8 Å². The van der Waals surface area contributed by atoms with Crippen LogP contribution in [0.1, 0.15) is 45.6 Å². The van der Waals surface area contributed by atoms with E-state index in [1.165, 1.54) is 0 Å². The fourth-order valence-corrected chi connectivity index (χ4v) is 3.10. The van der Waals surface area contributed by atoms with Gasteiger partial charge >= 0.3 is 0 Å². The topological polar surface area (TPSA) is 52.6 Å². The summed E-state index contributed by atoms with van der Waals surface area (Å²) in [7, 11) is 0. The van der Waals surface area contributed by atoms with Gasteiger partial charge < -0.3 is 10.4 Å². The minimum absolute atomic E-state index is 0.00273. The van der Waals surface area contributed by atoms with E-state index in [0.29, 0.717) is 6.54 Å². The molecule has 1 amide bonds. The molecule has 1 aromatic carbocycles. The summed E-state index contributed by atoms with van der Waals surface area (Å²) in [6.45, 7) is 7.80. The Kier molecular flexibility index (Phi) is 5.59. The van der Waals surface area contributed by atoms with Crippen LogP contribution in [-0.4, -0.2) is 41.7 Å². The summed E-state index contributed by atoms with van der Waals surface area (Å²) in [5.74, 6) is -0.00273. The van der Waals surface area contributed by atoms with Crippen LogP contribution in [0.4, 0.5) is 5.69 Å². The van der Waals surface area contributed by atoms with Gasteiger partial charge in [-0.15, -0.1) is 0 Å². The normalized spacial score (nSPS) is 19.9. The zero-order chi connectivity index (χ0) is 16.2. The second kappa shape index (κ2) is 7.25. The number of benzene rings is 1. The van der Waals surface area contributed by atoms with Gasteiger partial charge in [-0.3, -0.25) is 9.69 Å². The molecule has 1 fully saturated rings. The maximum atomic E-state index is 12.4. The van der Waals surface area contributed by atoms with Crippen LogP contribution < -0.4 is 5.32 Å². The number of amides is 1. The fourth-order valence-electron chi connectivity index (χ4n) is 3.10. The predicted octanol–water partition coefficient (Wildman–Crippen LogP) is 2.77. The lowest BCUT2D eigenvalue weighted by molar-refractivity contribution is -0.118. The Morgan fingerprint density at radius 3 is 2.73 bits per heavy atom. The summed E-state index contributed by atoms with van der Waals surface area (Å²) in [6.07, 6.45) is 3.21. The number of piperidine rings is 1. The number of para-hydroxylation sites is 1. The van der Waals surface area contributed by atoms with E-state index in [-0.39, 0.29) is 24.0 Å². The number of hydrogen-bond acceptors (Lipinski definition) is 3. The largest absolute Gasteiger partial charge is 0.395 e. The molecule has 1 unspecified atom stereocenters. The highest BCUT2D eigenvalue weighted by atomic mass is 16.3. The lowest BCUT2D eigenvalue weighted by atomic mass is 9.86. The molecule has 1 saturated heterocycles. The molecular formula is C18H28N2O2. The van der Waals surface area contributed by atoms with E-state index in [0.717, 1.165) is 37.1 Å². The Hall–Kier alpha value is -1.39. The quantitative estimate of drug-likeness (QED) is 0.899. The summed E-state index contributed by atoms with van der Waals surface area (Å²) in [5, 5.41) is 12.5. The molecule has 1 aromatic rings. The van der Waals surface area contributed by atoms with Crippen molar-refractivity contribution in [3.63, 3.8) is 0 Å². The zero-order valence-electron chi connectivity index (χ0n) is 13.9. The van der Waals surface area contributed by atoms with E-state index in [2.05, 4.69) is 37.1 Å². The van der Waals surface area contributed by atoms with Crippen LogP contribution in [-0.2, 0) is 10.2 Å². The third-order valence-electron chi connectivity index (χ3n) is 4.32. The minimum atomic E-state index is -0.0113. The van der Waals surface area contributed by atoms with Crippen LogP contribution in [0.25, 0.3) is 0 Å². The molecule has 0 aliphatic carbocycles. The minimum Gasteiger partial charge on any atom is -0.395 e. The molecule has 0 bridgehead atoms. The first-order valence-corrected chi connectivity index (χ1v) is 8.16. The lowest BCUT2D eigenvalue weighted by Crippen LogP contribution is -2.45. The van der Waals surface area contributed by atoms with E-state index in [9.17, 15) is 9.90 Å². The summed E-state index contributed by atoms with van der Waals surface area (Å²) < 4.78 is 0. The molecule has 22 heavy (non-hydrogen) atoms. The zero-order valence-corrected chi connectivity index (χ0v) is 13.9. The fraction of sp³-hybridized carbons (Fsp3) is 0.611. The van der Waals surface area contributed by atoms with Crippen LogP contribution >= 0.6 is 0 Å². The number of carbonyl (C=O) groups is 1. The Morgan fingerprint density at radius 2 is 2.05 bits per heavy atom. The standard InChI is InChI=1S/C18H28N2O2/c1-18(2,3)15-9-4-5-10-16(15)19-17(22)12-20-11-7-6-8-14(20)13-21/h4-5,9-10,14,21H,6-8,11-13H2,1-3H3,(H,19,22). The van der Waals surface area contributed by atoms with E-state index in [1.807, 2.05) is 18.2 Å². The van der Waals surface area contributed by atoms with Crippen molar-refractivity contribution in [2.75, 3.05) is 25.0 Å². The van der Waals surface area contributed by atoms with Crippen molar-refractivity contribution < 1.29 is 9.90 Å². The summed E-state index contributed by atoms with van der Waals surface area (Å²) >= 11 is 0. The Bertz CT molecular complexity index is 508. The number of rotatable bonds is 4. The number of hydrogen-bond donors (Lipinski definition) is 2. The molecule has 0 aromatic heterocycles. The average Bonchev–Trinajstić information content (AvgIpc) is 2.47. The van der Waals surface area contributed by atoms with Crippen molar-refractivity contribution in [2.45, 2.75) is 51.5 Å². The molecule has 1 aliphatic rings. The molecule has 122 valence electrons. The first-order chi connectivity index (χ1) is 10.4. The van der Waals surface area contributed by atoms with Crippen LogP contribution in [0.2, 0.25) is 0 Å². The van der Waals surface area contributed by atoms with E-state index in [1.54, 1.807) is 0 Å². The predicted molar refractivity (Wildman–Crippen MR) is 90.1 cm³/mol. The van der Waals surface area contributed by atoms with Gasteiger partial charge in [0.25, 0.3) is 0 Å². The molecule has 0 saturated carbocycles. The van der Waals surface area contributed by atoms with Gasteiger partial charge in [-0.1, -0.05) is 45.4 Å². The Balaban J connectivity index is 2.03. The van der Waals surface area contributed by atoms with Crippen molar-refractivity contribution in [3.8, 4) is 0 Å². The SMILES string of the molecule is CC(C)(C)c1ccccc1NC(=O)CN1CCCCC1CO. The Morgan fingerprint density at radius 1 is 1.32 bits per heavy atom. The lowest BCUT2D eigenvalue weighted by Gasteiger charge is -2.34. The van der Waals surface area contributed by atoms with Crippen molar-refractivity contribution in [1.82, 2.24) is 4.90 Å². The third kappa shape index (κ3) is 4.31. The molecule has 4 heteroatoms.